The van der Waals surface area contributed by atoms with Gasteiger partial charge in [-0.2, -0.15) is 0 Å². The largest absolute Gasteiger partial charge is 0.478 e. The summed E-state index contributed by atoms with van der Waals surface area (Å²) in [5.41, 5.74) is 0.955. The van der Waals surface area contributed by atoms with Crippen molar-refractivity contribution >= 4 is 11.9 Å². The van der Waals surface area contributed by atoms with E-state index < -0.39 is 5.97 Å². The minimum absolute atomic E-state index is 0.196. The van der Waals surface area contributed by atoms with E-state index in [1.165, 1.54) is 0 Å². The van der Waals surface area contributed by atoms with E-state index in [-0.39, 0.29) is 11.9 Å². The molecule has 1 aliphatic rings. The molecule has 20 heavy (non-hydrogen) atoms. The second kappa shape index (κ2) is 6.84. The highest BCUT2D eigenvalue weighted by Gasteiger charge is 2.25. The van der Waals surface area contributed by atoms with Crippen LogP contribution in [0.1, 0.15) is 31.2 Å². The summed E-state index contributed by atoms with van der Waals surface area (Å²) in [5, 5.41) is 8.63. The van der Waals surface area contributed by atoms with Gasteiger partial charge in [0.25, 0.3) is 0 Å². The van der Waals surface area contributed by atoms with Crippen molar-refractivity contribution in [1.29, 1.82) is 0 Å². The van der Waals surface area contributed by atoms with Crippen molar-refractivity contribution in [3.8, 4) is 0 Å². The van der Waals surface area contributed by atoms with Crippen LogP contribution in [0.5, 0.6) is 0 Å². The van der Waals surface area contributed by atoms with Crippen molar-refractivity contribution in [3.05, 3.63) is 42.2 Å². The van der Waals surface area contributed by atoms with Gasteiger partial charge in [0.2, 0.25) is 5.91 Å². The molecule has 0 spiro atoms. The number of pyridine rings is 1. The summed E-state index contributed by atoms with van der Waals surface area (Å²) < 4.78 is 0. The Hall–Kier alpha value is -2.17. The first kappa shape index (κ1) is 14.2. The van der Waals surface area contributed by atoms with E-state index in [9.17, 15) is 9.59 Å². The Morgan fingerprint density at radius 1 is 1.35 bits per heavy atom. The van der Waals surface area contributed by atoms with Crippen LogP contribution in [-0.2, 0) is 16.1 Å². The third-order valence-corrected chi connectivity index (χ3v) is 3.49. The zero-order chi connectivity index (χ0) is 14.4. The molecule has 1 amide bonds. The first-order chi connectivity index (χ1) is 9.66. The Kier molecular flexibility index (Phi) is 4.87. The van der Waals surface area contributed by atoms with Gasteiger partial charge in [0.1, 0.15) is 0 Å². The van der Waals surface area contributed by atoms with Crippen molar-refractivity contribution in [2.45, 2.75) is 38.3 Å². The van der Waals surface area contributed by atoms with Crippen LogP contribution in [-0.4, -0.2) is 32.9 Å². The summed E-state index contributed by atoms with van der Waals surface area (Å²) in [6.07, 6.45) is 9.64. The molecular weight excluding hydrogens is 256 g/mol. The summed E-state index contributed by atoms with van der Waals surface area (Å²) >= 11 is 0. The smallest absolute Gasteiger partial charge is 0.328 e. The average Bonchev–Trinajstić information content (AvgIpc) is 2.97. The van der Waals surface area contributed by atoms with Crippen LogP contribution in [0.2, 0.25) is 0 Å². The maximum Gasteiger partial charge on any atom is 0.328 e. The summed E-state index contributed by atoms with van der Waals surface area (Å²) in [6, 6.07) is 3.95. The molecule has 0 aromatic carbocycles. The molecule has 1 aliphatic carbocycles. The van der Waals surface area contributed by atoms with E-state index in [4.69, 9.17) is 5.11 Å². The fourth-order valence-corrected chi connectivity index (χ4v) is 2.53. The lowest BCUT2D eigenvalue weighted by molar-refractivity contribution is -0.133. The van der Waals surface area contributed by atoms with Crippen LogP contribution in [0.3, 0.4) is 0 Å². The molecule has 1 fully saturated rings. The summed E-state index contributed by atoms with van der Waals surface area (Å²) in [6.45, 7) is 0.474. The molecule has 5 heteroatoms. The highest BCUT2D eigenvalue weighted by atomic mass is 16.4. The van der Waals surface area contributed by atoms with Gasteiger partial charge in [-0.25, -0.2) is 4.79 Å². The Morgan fingerprint density at radius 2 is 2.10 bits per heavy atom. The molecule has 106 valence electrons. The molecule has 1 aromatic rings. The van der Waals surface area contributed by atoms with Gasteiger partial charge in [0.15, 0.2) is 0 Å². The predicted molar refractivity (Wildman–Crippen MR) is 73.8 cm³/mol. The van der Waals surface area contributed by atoms with Crippen molar-refractivity contribution in [2.75, 3.05) is 0 Å². The molecule has 0 bridgehead atoms. The highest BCUT2D eigenvalue weighted by molar-refractivity contribution is 5.94. The third kappa shape index (κ3) is 3.91. The maximum atomic E-state index is 12.2. The Bertz CT molecular complexity index is 493. The zero-order valence-corrected chi connectivity index (χ0v) is 11.2. The SMILES string of the molecule is O=C(O)/C=C/C(=O)N(Cc1cccnc1)C1CCCC1. The first-order valence-corrected chi connectivity index (χ1v) is 6.77. The van der Waals surface area contributed by atoms with Gasteiger partial charge in [-0.05, 0) is 24.5 Å². The molecule has 0 radical (unpaired) electrons. The lowest BCUT2D eigenvalue weighted by Crippen LogP contribution is -2.37. The lowest BCUT2D eigenvalue weighted by atomic mass is 10.1. The van der Waals surface area contributed by atoms with E-state index in [1.807, 2.05) is 12.1 Å². The Labute approximate surface area is 117 Å². The maximum absolute atomic E-state index is 12.2. The summed E-state index contributed by atoms with van der Waals surface area (Å²) in [7, 11) is 0. The van der Waals surface area contributed by atoms with Gasteiger partial charge in [0, 0.05) is 37.1 Å². The number of carboxylic acids is 1. The van der Waals surface area contributed by atoms with Crippen LogP contribution >= 0.6 is 0 Å². The van der Waals surface area contributed by atoms with Gasteiger partial charge in [-0.1, -0.05) is 18.9 Å². The average molecular weight is 274 g/mol. The first-order valence-electron chi connectivity index (χ1n) is 6.77. The fraction of sp³-hybridized carbons (Fsp3) is 0.400. The molecule has 1 aromatic heterocycles. The minimum Gasteiger partial charge on any atom is -0.478 e. The lowest BCUT2D eigenvalue weighted by Gasteiger charge is -2.28. The summed E-state index contributed by atoms with van der Waals surface area (Å²) in [4.78, 5) is 28.5. The number of hydrogen-bond acceptors (Lipinski definition) is 3. The number of aromatic nitrogens is 1. The standard InChI is InChI=1S/C15H18N2O3/c18-14(7-8-15(19)20)17(13-5-1-2-6-13)11-12-4-3-9-16-10-12/h3-4,7-10,13H,1-2,5-6,11H2,(H,19,20)/b8-7+. The van der Waals surface area contributed by atoms with E-state index in [0.29, 0.717) is 6.54 Å². The number of carbonyl (C=O) groups excluding carboxylic acids is 1. The number of carboxylic acid groups (broad SMARTS) is 1. The van der Waals surface area contributed by atoms with E-state index >= 15 is 0 Å². The van der Waals surface area contributed by atoms with E-state index in [1.54, 1.807) is 17.3 Å². The van der Waals surface area contributed by atoms with Crippen molar-refractivity contribution in [2.24, 2.45) is 0 Å². The van der Waals surface area contributed by atoms with Crippen LogP contribution in [0.25, 0.3) is 0 Å². The van der Waals surface area contributed by atoms with Gasteiger partial charge in [0.05, 0.1) is 0 Å². The molecule has 0 saturated heterocycles. The molecule has 1 N–H and O–H groups in total. The van der Waals surface area contributed by atoms with E-state index in [2.05, 4.69) is 4.98 Å². The Morgan fingerprint density at radius 3 is 2.70 bits per heavy atom. The molecular formula is C15H18N2O3. The van der Waals surface area contributed by atoms with Crippen molar-refractivity contribution in [1.82, 2.24) is 9.88 Å². The molecule has 0 atom stereocenters. The molecule has 0 unspecified atom stereocenters. The Balaban J connectivity index is 2.12. The topological polar surface area (TPSA) is 70.5 Å². The molecule has 1 heterocycles. The van der Waals surface area contributed by atoms with Gasteiger partial charge in [-0.15, -0.1) is 0 Å². The number of amides is 1. The molecule has 0 aliphatic heterocycles. The van der Waals surface area contributed by atoms with Crippen LogP contribution in [0.4, 0.5) is 0 Å². The van der Waals surface area contributed by atoms with Gasteiger partial charge >= 0.3 is 5.97 Å². The summed E-state index contributed by atoms with van der Waals surface area (Å²) in [5.74, 6) is -1.35. The van der Waals surface area contributed by atoms with Gasteiger partial charge in [-0.3, -0.25) is 9.78 Å². The van der Waals surface area contributed by atoms with Gasteiger partial charge < -0.3 is 10.0 Å². The second-order valence-electron chi connectivity index (χ2n) is 4.94. The van der Waals surface area contributed by atoms with Crippen LogP contribution in [0, 0.1) is 0 Å². The second-order valence-corrected chi connectivity index (χ2v) is 4.94. The quantitative estimate of drug-likeness (QED) is 0.834. The van der Waals surface area contributed by atoms with Crippen molar-refractivity contribution < 1.29 is 14.7 Å². The number of rotatable bonds is 5. The highest BCUT2D eigenvalue weighted by Crippen LogP contribution is 2.25. The van der Waals surface area contributed by atoms with Crippen LogP contribution < -0.4 is 0 Å². The number of carbonyl (C=O) groups is 2. The zero-order valence-electron chi connectivity index (χ0n) is 11.2. The monoisotopic (exact) mass is 274 g/mol. The normalized spacial score (nSPS) is 15.6. The molecule has 1 saturated carbocycles. The minimum atomic E-state index is -1.11. The number of aliphatic carboxylic acids is 1. The molecule has 2 rings (SSSR count). The number of nitrogens with zero attached hydrogens (tertiary/aromatic N) is 2. The predicted octanol–water partition coefficient (Wildman–Crippen LogP) is 1.99. The van der Waals surface area contributed by atoms with E-state index in [0.717, 1.165) is 43.4 Å². The third-order valence-electron chi connectivity index (χ3n) is 3.49. The number of hydrogen-bond donors (Lipinski definition) is 1. The fourth-order valence-electron chi connectivity index (χ4n) is 2.53. The van der Waals surface area contributed by atoms with Crippen LogP contribution in [0.15, 0.2) is 36.7 Å². The van der Waals surface area contributed by atoms with Crippen molar-refractivity contribution in [3.63, 3.8) is 0 Å². The molecule has 5 nitrogen and oxygen atoms in total.